The number of hydrogen-bond acceptors (Lipinski definition) is 2. The van der Waals surface area contributed by atoms with Crippen molar-refractivity contribution in [3.8, 4) is 0 Å². The summed E-state index contributed by atoms with van der Waals surface area (Å²) in [6, 6.07) is 11.6. The van der Waals surface area contributed by atoms with Gasteiger partial charge >= 0.3 is 0 Å². The molecule has 0 aromatic heterocycles. The van der Waals surface area contributed by atoms with Crippen molar-refractivity contribution in [3.05, 3.63) is 47.0 Å². The Morgan fingerprint density at radius 3 is 2.39 bits per heavy atom. The van der Waals surface area contributed by atoms with Gasteiger partial charge in [-0.25, -0.2) is 0 Å². The molecule has 124 valence electrons. The van der Waals surface area contributed by atoms with Crippen molar-refractivity contribution in [2.75, 3.05) is 13.1 Å². The molecular formula is C21H29NO. The van der Waals surface area contributed by atoms with Gasteiger partial charge < -0.3 is 10.0 Å². The molecule has 2 heteroatoms. The lowest BCUT2D eigenvalue weighted by Crippen LogP contribution is -2.39. The van der Waals surface area contributed by atoms with Crippen molar-refractivity contribution in [1.29, 1.82) is 0 Å². The summed E-state index contributed by atoms with van der Waals surface area (Å²) in [5.74, 6) is 0. The van der Waals surface area contributed by atoms with Gasteiger partial charge in [0.1, 0.15) is 0 Å². The minimum absolute atomic E-state index is 0.343. The zero-order valence-corrected chi connectivity index (χ0v) is 14.7. The molecule has 2 atom stereocenters. The summed E-state index contributed by atoms with van der Waals surface area (Å²) < 4.78 is 0. The van der Waals surface area contributed by atoms with Gasteiger partial charge in [-0.1, -0.05) is 57.5 Å². The second-order valence-corrected chi connectivity index (χ2v) is 6.74. The van der Waals surface area contributed by atoms with E-state index in [1.54, 1.807) is 0 Å². The van der Waals surface area contributed by atoms with E-state index >= 15 is 0 Å². The molecule has 2 nitrogen and oxygen atoms in total. The van der Waals surface area contributed by atoms with Crippen LogP contribution in [0.2, 0.25) is 0 Å². The highest BCUT2D eigenvalue weighted by atomic mass is 16.3. The quantitative estimate of drug-likeness (QED) is 0.850. The number of nitrogens with zero attached hydrogens (tertiary/aromatic N) is 1. The van der Waals surface area contributed by atoms with E-state index in [0.29, 0.717) is 6.04 Å². The van der Waals surface area contributed by atoms with Crippen LogP contribution in [0.1, 0.15) is 56.4 Å². The molecule has 0 saturated carbocycles. The molecule has 0 amide bonds. The topological polar surface area (TPSA) is 23.5 Å². The second kappa shape index (κ2) is 7.02. The Labute approximate surface area is 140 Å². The Hall–Kier alpha value is -1.38. The third-order valence-electron chi connectivity index (χ3n) is 5.41. The number of aliphatic hydroxyl groups is 1. The molecule has 0 bridgehead atoms. The SMILES string of the molecule is CCCC(O)c1ccc2c3c(cccc13)CC(N(CC)CC)C2. The van der Waals surface area contributed by atoms with Crippen LogP contribution >= 0.6 is 0 Å². The van der Waals surface area contributed by atoms with Crippen molar-refractivity contribution >= 4 is 10.8 Å². The Morgan fingerprint density at radius 1 is 1.04 bits per heavy atom. The molecule has 0 radical (unpaired) electrons. The Balaban J connectivity index is 2.04. The highest BCUT2D eigenvalue weighted by molar-refractivity contribution is 5.92. The minimum atomic E-state index is -0.343. The normalized spacial score (nSPS) is 18.6. The molecule has 2 aromatic carbocycles. The maximum atomic E-state index is 10.5. The monoisotopic (exact) mass is 311 g/mol. The van der Waals surface area contributed by atoms with Crippen molar-refractivity contribution in [3.63, 3.8) is 0 Å². The highest BCUT2D eigenvalue weighted by Gasteiger charge is 2.25. The van der Waals surface area contributed by atoms with Gasteiger partial charge in [0.2, 0.25) is 0 Å². The number of aliphatic hydroxyl groups excluding tert-OH is 1. The first kappa shape index (κ1) is 16.5. The van der Waals surface area contributed by atoms with Gasteiger partial charge in [-0.3, -0.25) is 0 Å². The van der Waals surface area contributed by atoms with Crippen molar-refractivity contribution in [2.24, 2.45) is 0 Å². The molecule has 0 heterocycles. The summed E-state index contributed by atoms with van der Waals surface area (Å²) in [5.41, 5.74) is 4.01. The van der Waals surface area contributed by atoms with Crippen LogP contribution in [0, 0.1) is 0 Å². The van der Waals surface area contributed by atoms with Crippen LogP contribution in [-0.4, -0.2) is 29.1 Å². The molecule has 0 fully saturated rings. The number of benzene rings is 2. The standard InChI is InChI=1S/C21H29NO/c1-4-8-20(23)18-12-11-16-14-17(22(5-2)6-3)13-15-9-7-10-19(18)21(15)16/h7,9-12,17,20,23H,4-6,8,13-14H2,1-3H3. The third-order valence-corrected chi connectivity index (χ3v) is 5.41. The minimum Gasteiger partial charge on any atom is -0.388 e. The lowest BCUT2D eigenvalue weighted by atomic mass is 9.82. The van der Waals surface area contributed by atoms with Gasteiger partial charge in [0.05, 0.1) is 6.10 Å². The molecule has 1 N–H and O–H groups in total. The van der Waals surface area contributed by atoms with Crippen LogP contribution in [-0.2, 0) is 12.8 Å². The fourth-order valence-electron chi connectivity index (χ4n) is 4.22. The van der Waals surface area contributed by atoms with E-state index in [1.807, 2.05) is 0 Å². The number of likely N-dealkylation sites (N-methyl/N-ethyl adjacent to an activating group) is 1. The van der Waals surface area contributed by atoms with Gasteiger partial charge in [0, 0.05) is 6.04 Å². The maximum absolute atomic E-state index is 10.5. The van der Waals surface area contributed by atoms with Crippen LogP contribution < -0.4 is 0 Å². The number of rotatable bonds is 6. The van der Waals surface area contributed by atoms with Crippen LogP contribution in [0.3, 0.4) is 0 Å². The average molecular weight is 311 g/mol. The summed E-state index contributed by atoms with van der Waals surface area (Å²) in [5, 5.41) is 13.2. The van der Waals surface area contributed by atoms with E-state index in [9.17, 15) is 5.11 Å². The molecule has 0 spiro atoms. The van der Waals surface area contributed by atoms with Crippen LogP contribution in [0.4, 0.5) is 0 Å². The molecule has 1 aliphatic carbocycles. The first-order chi connectivity index (χ1) is 11.2. The van der Waals surface area contributed by atoms with Crippen molar-refractivity contribution < 1.29 is 5.11 Å². The maximum Gasteiger partial charge on any atom is 0.0796 e. The van der Waals surface area contributed by atoms with Gasteiger partial charge in [-0.15, -0.1) is 0 Å². The van der Waals surface area contributed by atoms with E-state index in [4.69, 9.17) is 0 Å². The molecule has 2 aromatic rings. The predicted molar refractivity (Wildman–Crippen MR) is 97.9 cm³/mol. The Morgan fingerprint density at radius 2 is 1.74 bits per heavy atom. The number of hydrogen-bond donors (Lipinski definition) is 1. The smallest absolute Gasteiger partial charge is 0.0796 e. The molecular weight excluding hydrogens is 282 g/mol. The second-order valence-electron chi connectivity index (χ2n) is 6.74. The van der Waals surface area contributed by atoms with Crippen LogP contribution in [0.25, 0.3) is 10.8 Å². The van der Waals surface area contributed by atoms with Crippen LogP contribution in [0.15, 0.2) is 30.3 Å². The lowest BCUT2D eigenvalue weighted by Gasteiger charge is -2.34. The zero-order valence-electron chi connectivity index (χ0n) is 14.7. The molecule has 2 unspecified atom stereocenters. The first-order valence-corrected chi connectivity index (χ1v) is 9.15. The third kappa shape index (κ3) is 3.02. The zero-order chi connectivity index (χ0) is 16.4. The van der Waals surface area contributed by atoms with Crippen LogP contribution in [0.5, 0.6) is 0 Å². The molecule has 0 saturated heterocycles. The van der Waals surface area contributed by atoms with Gasteiger partial charge in [0.25, 0.3) is 0 Å². The fraction of sp³-hybridized carbons (Fsp3) is 0.524. The highest BCUT2D eigenvalue weighted by Crippen LogP contribution is 2.36. The summed E-state index contributed by atoms with van der Waals surface area (Å²) >= 11 is 0. The van der Waals surface area contributed by atoms with E-state index in [0.717, 1.165) is 44.3 Å². The summed E-state index contributed by atoms with van der Waals surface area (Å²) in [7, 11) is 0. The Kier molecular flexibility index (Phi) is 5.03. The Bertz CT molecular complexity index is 663. The van der Waals surface area contributed by atoms with Crippen molar-refractivity contribution in [1.82, 2.24) is 4.90 Å². The average Bonchev–Trinajstić information content (AvgIpc) is 2.56. The lowest BCUT2D eigenvalue weighted by molar-refractivity contribution is 0.168. The molecule has 0 aliphatic heterocycles. The predicted octanol–water partition coefficient (Wildman–Crippen LogP) is 4.48. The van der Waals surface area contributed by atoms with Crippen molar-refractivity contribution in [2.45, 2.75) is 58.6 Å². The molecule has 3 rings (SSSR count). The van der Waals surface area contributed by atoms with Gasteiger partial charge in [-0.05, 0) is 59.8 Å². The summed E-state index contributed by atoms with van der Waals surface area (Å²) in [6.07, 6.45) is 3.75. The fourth-order valence-corrected chi connectivity index (χ4v) is 4.22. The summed E-state index contributed by atoms with van der Waals surface area (Å²) in [4.78, 5) is 2.57. The summed E-state index contributed by atoms with van der Waals surface area (Å²) in [6.45, 7) is 8.86. The van der Waals surface area contributed by atoms with E-state index < -0.39 is 0 Å². The van der Waals surface area contributed by atoms with Gasteiger partial charge in [-0.2, -0.15) is 0 Å². The van der Waals surface area contributed by atoms with Gasteiger partial charge in [0.15, 0.2) is 0 Å². The molecule has 23 heavy (non-hydrogen) atoms. The molecule has 1 aliphatic rings. The van der Waals surface area contributed by atoms with E-state index in [-0.39, 0.29) is 6.10 Å². The van der Waals surface area contributed by atoms with E-state index in [2.05, 4.69) is 56.0 Å². The largest absolute Gasteiger partial charge is 0.388 e. The first-order valence-electron chi connectivity index (χ1n) is 9.15. The van der Waals surface area contributed by atoms with E-state index in [1.165, 1.54) is 21.9 Å².